The molecule has 1 aromatic carbocycles. The van der Waals surface area contributed by atoms with Crippen molar-refractivity contribution in [2.45, 2.75) is 13.0 Å². The first kappa shape index (κ1) is 12.2. The maximum absolute atomic E-state index is 13.0. The van der Waals surface area contributed by atoms with Gasteiger partial charge in [0, 0.05) is 0 Å². The van der Waals surface area contributed by atoms with E-state index in [-0.39, 0.29) is 17.4 Å². The lowest BCUT2D eigenvalue weighted by molar-refractivity contribution is 0.0594. The van der Waals surface area contributed by atoms with Crippen LogP contribution in [0, 0.1) is 5.82 Å². The van der Waals surface area contributed by atoms with Gasteiger partial charge in [-0.1, -0.05) is 12.7 Å². The molecule has 1 atom stereocenters. The van der Waals surface area contributed by atoms with E-state index < -0.39 is 11.8 Å². The first-order valence-corrected chi connectivity index (χ1v) is 4.75. The van der Waals surface area contributed by atoms with E-state index in [0.29, 0.717) is 0 Å². The molecule has 0 aliphatic heterocycles. The van der Waals surface area contributed by atoms with E-state index >= 15 is 0 Å². The lowest BCUT2D eigenvalue weighted by Gasteiger charge is -2.13. The highest BCUT2D eigenvalue weighted by Gasteiger charge is 2.15. The molecular formula is C12H13FO3. The molecule has 0 heterocycles. The second-order valence-corrected chi connectivity index (χ2v) is 3.19. The van der Waals surface area contributed by atoms with Crippen molar-refractivity contribution in [3.8, 4) is 5.75 Å². The van der Waals surface area contributed by atoms with Crippen LogP contribution >= 0.6 is 0 Å². The predicted octanol–water partition coefficient (Wildman–Crippen LogP) is 2.57. The second-order valence-electron chi connectivity index (χ2n) is 3.19. The molecule has 3 nitrogen and oxygen atoms in total. The molecule has 1 rings (SSSR count). The van der Waals surface area contributed by atoms with Crippen LogP contribution in [-0.2, 0) is 4.74 Å². The second kappa shape index (κ2) is 5.30. The molecule has 4 heteroatoms. The summed E-state index contributed by atoms with van der Waals surface area (Å²) in [6.45, 7) is 5.32. The highest BCUT2D eigenvalue weighted by Crippen LogP contribution is 2.21. The number of halogens is 1. The Labute approximate surface area is 93.5 Å². The van der Waals surface area contributed by atoms with Gasteiger partial charge in [0.25, 0.3) is 0 Å². The summed E-state index contributed by atoms with van der Waals surface area (Å²) in [6.07, 6.45) is 1.30. The summed E-state index contributed by atoms with van der Waals surface area (Å²) in [5, 5.41) is 0. The zero-order valence-corrected chi connectivity index (χ0v) is 9.20. The van der Waals surface area contributed by atoms with Crippen LogP contribution in [0.4, 0.5) is 4.39 Å². The van der Waals surface area contributed by atoms with E-state index in [9.17, 15) is 9.18 Å². The van der Waals surface area contributed by atoms with Gasteiger partial charge in [-0.2, -0.15) is 0 Å². The average Bonchev–Trinajstić information content (AvgIpc) is 2.30. The van der Waals surface area contributed by atoms with Gasteiger partial charge in [0.1, 0.15) is 23.2 Å². The highest BCUT2D eigenvalue weighted by molar-refractivity contribution is 5.92. The minimum atomic E-state index is -0.634. The summed E-state index contributed by atoms with van der Waals surface area (Å²) in [4.78, 5) is 11.4. The van der Waals surface area contributed by atoms with Crippen molar-refractivity contribution in [1.29, 1.82) is 0 Å². The van der Waals surface area contributed by atoms with E-state index in [1.165, 1.54) is 19.2 Å². The van der Waals surface area contributed by atoms with Gasteiger partial charge in [0.05, 0.1) is 7.11 Å². The molecule has 0 N–H and O–H groups in total. The van der Waals surface area contributed by atoms with Crippen LogP contribution < -0.4 is 4.74 Å². The van der Waals surface area contributed by atoms with E-state index in [1.54, 1.807) is 13.0 Å². The SMILES string of the molecule is C=CC(C)Oc1ccc(F)cc1C(=O)OC. The Hall–Kier alpha value is -1.84. The number of carbonyl (C=O) groups is 1. The Kier molecular flexibility index (Phi) is 4.05. The Morgan fingerprint density at radius 3 is 2.81 bits per heavy atom. The predicted molar refractivity (Wildman–Crippen MR) is 58.0 cm³/mol. The number of ether oxygens (including phenoxy) is 2. The third-order valence-electron chi connectivity index (χ3n) is 1.99. The van der Waals surface area contributed by atoms with Crippen molar-refractivity contribution >= 4 is 5.97 Å². The number of esters is 1. The van der Waals surface area contributed by atoms with E-state index in [0.717, 1.165) is 6.07 Å². The molecule has 0 aromatic heterocycles. The average molecular weight is 224 g/mol. The fourth-order valence-electron chi connectivity index (χ4n) is 1.12. The summed E-state index contributed by atoms with van der Waals surface area (Å²) in [6, 6.07) is 3.69. The van der Waals surface area contributed by atoms with Gasteiger partial charge < -0.3 is 9.47 Å². The van der Waals surface area contributed by atoms with Gasteiger partial charge in [-0.3, -0.25) is 0 Å². The number of hydrogen-bond acceptors (Lipinski definition) is 3. The van der Waals surface area contributed by atoms with Gasteiger partial charge in [0.15, 0.2) is 0 Å². The summed E-state index contributed by atoms with van der Waals surface area (Å²) in [7, 11) is 1.23. The van der Waals surface area contributed by atoms with Crippen molar-refractivity contribution in [1.82, 2.24) is 0 Å². The molecule has 86 valence electrons. The van der Waals surface area contributed by atoms with E-state index in [4.69, 9.17) is 4.74 Å². The standard InChI is InChI=1S/C12H13FO3/c1-4-8(2)16-11-6-5-9(13)7-10(11)12(14)15-3/h4-8H,1H2,2-3H3. The summed E-state index contributed by atoms with van der Waals surface area (Å²) in [5.74, 6) is -0.870. The maximum Gasteiger partial charge on any atom is 0.341 e. The Morgan fingerprint density at radius 2 is 2.25 bits per heavy atom. The van der Waals surface area contributed by atoms with Gasteiger partial charge >= 0.3 is 5.97 Å². The van der Waals surface area contributed by atoms with Crippen LogP contribution in [0.1, 0.15) is 17.3 Å². The van der Waals surface area contributed by atoms with Crippen LogP contribution in [0.3, 0.4) is 0 Å². The molecule has 0 fully saturated rings. The molecule has 0 saturated carbocycles. The smallest absolute Gasteiger partial charge is 0.341 e. The normalized spacial score (nSPS) is 11.7. The van der Waals surface area contributed by atoms with Crippen molar-refractivity contribution in [2.24, 2.45) is 0 Å². The van der Waals surface area contributed by atoms with Crippen molar-refractivity contribution in [2.75, 3.05) is 7.11 Å². The maximum atomic E-state index is 13.0. The molecule has 0 spiro atoms. The van der Waals surface area contributed by atoms with Crippen molar-refractivity contribution in [3.05, 3.63) is 42.2 Å². The van der Waals surface area contributed by atoms with Crippen LogP contribution in [0.25, 0.3) is 0 Å². The Balaban J connectivity index is 3.07. The van der Waals surface area contributed by atoms with Gasteiger partial charge in [0.2, 0.25) is 0 Å². The number of benzene rings is 1. The number of methoxy groups -OCH3 is 1. The molecular weight excluding hydrogens is 211 g/mol. The third kappa shape index (κ3) is 2.82. The molecule has 16 heavy (non-hydrogen) atoms. The molecule has 0 saturated heterocycles. The zero-order valence-electron chi connectivity index (χ0n) is 9.20. The minimum absolute atomic E-state index is 0.0659. The number of rotatable bonds is 4. The number of hydrogen-bond donors (Lipinski definition) is 0. The Bertz CT molecular complexity index is 401. The first-order chi connectivity index (χ1) is 7.58. The largest absolute Gasteiger partial charge is 0.486 e. The first-order valence-electron chi connectivity index (χ1n) is 4.75. The lowest BCUT2D eigenvalue weighted by Crippen LogP contribution is -2.12. The van der Waals surface area contributed by atoms with Crippen LogP contribution in [0.5, 0.6) is 5.75 Å². The van der Waals surface area contributed by atoms with E-state index in [1.807, 2.05) is 0 Å². The minimum Gasteiger partial charge on any atom is -0.486 e. The van der Waals surface area contributed by atoms with Crippen molar-refractivity contribution in [3.63, 3.8) is 0 Å². The summed E-state index contributed by atoms with van der Waals surface area (Å²) >= 11 is 0. The van der Waals surface area contributed by atoms with Crippen molar-refractivity contribution < 1.29 is 18.7 Å². The highest BCUT2D eigenvalue weighted by atomic mass is 19.1. The van der Waals surface area contributed by atoms with Gasteiger partial charge in [-0.15, -0.1) is 0 Å². The van der Waals surface area contributed by atoms with Crippen LogP contribution in [0.15, 0.2) is 30.9 Å². The summed E-state index contributed by atoms with van der Waals surface area (Å²) < 4.78 is 22.9. The molecule has 0 amide bonds. The molecule has 1 unspecified atom stereocenters. The van der Waals surface area contributed by atoms with Gasteiger partial charge in [-0.25, -0.2) is 9.18 Å². The lowest BCUT2D eigenvalue weighted by atomic mass is 10.2. The summed E-state index contributed by atoms with van der Waals surface area (Å²) in [5.41, 5.74) is 0.0659. The van der Waals surface area contributed by atoms with Gasteiger partial charge in [-0.05, 0) is 25.1 Å². The fraction of sp³-hybridized carbons (Fsp3) is 0.250. The molecule has 0 radical (unpaired) electrons. The molecule has 0 aliphatic rings. The monoisotopic (exact) mass is 224 g/mol. The fourth-order valence-corrected chi connectivity index (χ4v) is 1.12. The third-order valence-corrected chi connectivity index (χ3v) is 1.99. The molecule has 0 aliphatic carbocycles. The Morgan fingerprint density at radius 1 is 1.56 bits per heavy atom. The molecule has 0 bridgehead atoms. The van der Waals surface area contributed by atoms with E-state index in [2.05, 4.69) is 11.3 Å². The van der Waals surface area contributed by atoms with Crippen LogP contribution in [0.2, 0.25) is 0 Å². The zero-order chi connectivity index (χ0) is 12.1. The quantitative estimate of drug-likeness (QED) is 0.582. The van der Waals surface area contributed by atoms with Crippen LogP contribution in [-0.4, -0.2) is 19.2 Å². The molecule has 1 aromatic rings. The number of carbonyl (C=O) groups excluding carboxylic acids is 1. The topological polar surface area (TPSA) is 35.5 Å².